The first-order valence-electron chi connectivity index (χ1n) is 7.92. The largest absolute Gasteiger partial charge is 0.496 e. The molecule has 0 saturated heterocycles. The third-order valence-corrected chi connectivity index (χ3v) is 5.54. The van der Waals surface area contributed by atoms with Gasteiger partial charge in [-0.25, -0.2) is 0 Å². The van der Waals surface area contributed by atoms with E-state index in [2.05, 4.69) is 66.2 Å². The molecule has 0 saturated carbocycles. The molecule has 1 nitrogen and oxygen atoms in total. The summed E-state index contributed by atoms with van der Waals surface area (Å²) >= 11 is 3.97. The Kier molecular flexibility index (Phi) is 6.10. The first kappa shape index (κ1) is 16.4. The number of methoxy groups -OCH3 is 1. The monoisotopic (exact) mass is 348 g/mol. The third kappa shape index (κ3) is 3.60. The van der Waals surface area contributed by atoms with E-state index in [1.165, 1.54) is 42.0 Å². The van der Waals surface area contributed by atoms with E-state index in [0.717, 1.165) is 5.75 Å². The molecule has 0 aliphatic heterocycles. The fourth-order valence-electron chi connectivity index (χ4n) is 2.99. The van der Waals surface area contributed by atoms with E-state index in [0.29, 0.717) is 10.7 Å². The molecule has 0 spiro atoms. The van der Waals surface area contributed by atoms with Crippen LogP contribution in [-0.4, -0.2) is 7.11 Å². The van der Waals surface area contributed by atoms with Crippen molar-refractivity contribution in [1.29, 1.82) is 0 Å². The Balaban J connectivity index is 2.41. The number of benzene rings is 2. The van der Waals surface area contributed by atoms with Crippen molar-refractivity contribution in [3.05, 3.63) is 42.0 Å². The molecule has 0 bridgehead atoms. The molecule has 0 heterocycles. The molecule has 2 aromatic rings. The van der Waals surface area contributed by atoms with Crippen molar-refractivity contribution in [2.45, 2.75) is 44.4 Å². The lowest BCUT2D eigenvalue weighted by Crippen LogP contribution is -2.07. The number of hydrogen-bond acceptors (Lipinski definition) is 1. The van der Waals surface area contributed by atoms with Crippen molar-refractivity contribution in [1.82, 2.24) is 0 Å². The van der Waals surface area contributed by atoms with E-state index < -0.39 is 0 Å². The molecule has 0 aromatic heterocycles. The Bertz CT molecular complexity index is 579. The van der Waals surface area contributed by atoms with Gasteiger partial charge in [0.15, 0.2) is 0 Å². The highest BCUT2D eigenvalue weighted by atomic mass is 79.9. The summed E-state index contributed by atoms with van der Waals surface area (Å²) in [6, 6.07) is 12.8. The molecular weight excluding hydrogens is 324 g/mol. The number of hydrogen-bond donors (Lipinski definition) is 0. The summed E-state index contributed by atoms with van der Waals surface area (Å²) in [5.74, 6) is 1.64. The van der Waals surface area contributed by atoms with E-state index in [9.17, 15) is 0 Å². The molecule has 2 atom stereocenters. The zero-order valence-electron chi connectivity index (χ0n) is 13.2. The van der Waals surface area contributed by atoms with Gasteiger partial charge in [0, 0.05) is 10.2 Å². The lowest BCUT2D eigenvalue weighted by molar-refractivity contribution is 0.419. The number of fused-ring (bicyclic) bond motifs is 1. The van der Waals surface area contributed by atoms with Gasteiger partial charge in [-0.2, -0.15) is 0 Å². The molecule has 114 valence electrons. The topological polar surface area (TPSA) is 9.23 Å². The second kappa shape index (κ2) is 7.84. The summed E-state index contributed by atoms with van der Waals surface area (Å²) in [7, 11) is 1.74. The quantitative estimate of drug-likeness (QED) is 0.518. The van der Waals surface area contributed by atoms with Crippen LogP contribution < -0.4 is 4.74 Å². The van der Waals surface area contributed by atoms with Crippen LogP contribution in [0.1, 0.15) is 49.9 Å². The maximum atomic E-state index is 5.50. The minimum absolute atomic E-state index is 0.407. The van der Waals surface area contributed by atoms with E-state index >= 15 is 0 Å². The van der Waals surface area contributed by atoms with Crippen LogP contribution in [-0.2, 0) is 0 Å². The zero-order chi connectivity index (χ0) is 15.2. The maximum absolute atomic E-state index is 5.50. The van der Waals surface area contributed by atoms with Gasteiger partial charge < -0.3 is 4.74 Å². The Hall–Kier alpha value is -1.02. The van der Waals surface area contributed by atoms with E-state index in [1.54, 1.807) is 7.11 Å². The van der Waals surface area contributed by atoms with Gasteiger partial charge in [-0.3, -0.25) is 0 Å². The third-order valence-electron chi connectivity index (χ3n) is 4.30. The smallest absolute Gasteiger partial charge is 0.126 e. The fraction of sp³-hybridized carbons (Fsp3) is 0.474. The first-order valence-corrected chi connectivity index (χ1v) is 8.84. The average Bonchev–Trinajstić information content (AvgIpc) is 2.54. The van der Waals surface area contributed by atoms with Crippen LogP contribution in [0, 0.1) is 5.92 Å². The van der Waals surface area contributed by atoms with Crippen LogP contribution in [0.2, 0.25) is 0 Å². The zero-order valence-corrected chi connectivity index (χ0v) is 14.8. The highest BCUT2D eigenvalue weighted by Crippen LogP contribution is 2.41. The van der Waals surface area contributed by atoms with Crippen molar-refractivity contribution in [2.24, 2.45) is 5.92 Å². The van der Waals surface area contributed by atoms with Crippen molar-refractivity contribution in [3.63, 3.8) is 0 Å². The molecule has 0 fully saturated rings. The van der Waals surface area contributed by atoms with E-state index in [1.807, 2.05) is 0 Å². The maximum Gasteiger partial charge on any atom is 0.126 e. The van der Waals surface area contributed by atoms with Gasteiger partial charge in [0.1, 0.15) is 5.75 Å². The van der Waals surface area contributed by atoms with Crippen LogP contribution in [0.15, 0.2) is 36.4 Å². The van der Waals surface area contributed by atoms with Crippen molar-refractivity contribution < 1.29 is 4.74 Å². The minimum atomic E-state index is 0.407. The summed E-state index contributed by atoms with van der Waals surface area (Å²) < 4.78 is 5.50. The van der Waals surface area contributed by atoms with Crippen molar-refractivity contribution in [3.8, 4) is 5.75 Å². The van der Waals surface area contributed by atoms with Crippen LogP contribution in [0.3, 0.4) is 0 Å². The average molecular weight is 349 g/mol. The predicted molar refractivity (Wildman–Crippen MR) is 95.5 cm³/mol. The Morgan fingerprint density at radius 2 is 1.76 bits per heavy atom. The van der Waals surface area contributed by atoms with Crippen molar-refractivity contribution >= 4 is 26.7 Å². The molecule has 0 aliphatic carbocycles. The molecular formula is C19H25BrO. The highest BCUT2D eigenvalue weighted by Gasteiger charge is 2.21. The van der Waals surface area contributed by atoms with E-state index in [4.69, 9.17) is 4.74 Å². The molecule has 21 heavy (non-hydrogen) atoms. The summed E-state index contributed by atoms with van der Waals surface area (Å²) in [5, 5.41) is 2.50. The highest BCUT2D eigenvalue weighted by molar-refractivity contribution is 9.09. The predicted octanol–water partition coefficient (Wildman–Crippen LogP) is 6.50. The lowest BCUT2D eigenvalue weighted by Gasteiger charge is -2.23. The van der Waals surface area contributed by atoms with Crippen LogP contribution in [0.25, 0.3) is 10.8 Å². The van der Waals surface area contributed by atoms with Gasteiger partial charge in [0.05, 0.1) is 7.11 Å². The number of ether oxygens (including phenoxy) is 1. The Morgan fingerprint density at radius 3 is 2.38 bits per heavy atom. The molecule has 0 aliphatic rings. The Morgan fingerprint density at radius 1 is 1.05 bits per heavy atom. The molecule has 0 N–H and O–H groups in total. The van der Waals surface area contributed by atoms with Crippen LogP contribution in [0.4, 0.5) is 0 Å². The van der Waals surface area contributed by atoms with Crippen LogP contribution in [0.5, 0.6) is 5.75 Å². The normalized spacial score (nSPS) is 14.1. The summed E-state index contributed by atoms with van der Waals surface area (Å²) in [6.45, 7) is 4.55. The SMILES string of the molecule is CCCCC(CC)C(Br)c1ccc(OC)c2ccccc12. The summed E-state index contributed by atoms with van der Waals surface area (Å²) in [6.07, 6.45) is 5.05. The van der Waals surface area contributed by atoms with Gasteiger partial charge in [0.2, 0.25) is 0 Å². The lowest BCUT2D eigenvalue weighted by atomic mass is 9.89. The van der Waals surface area contributed by atoms with Gasteiger partial charge in [0.25, 0.3) is 0 Å². The van der Waals surface area contributed by atoms with Crippen LogP contribution >= 0.6 is 15.9 Å². The molecule has 2 unspecified atom stereocenters. The second-order valence-corrected chi connectivity index (χ2v) is 6.60. The summed E-state index contributed by atoms with van der Waals surface area (Å²) in [4.78, 5) is 0.407. The molecule has 0 amide bonds. The molecule has 2 heteroatoms. The second-order valence-electron chi connectivity index (χ2n) is 5.61. The van der Waals surface area contributed by atoms with Gasteiger partial charge in [-0.15, -0.1) is 0 Å². The minimum Gasteiger partial charge on any atom is -0.496 e. The molecule has 0 radical (unpaired) electrons. The number of unbranched alkanes of at least 4 members (excludes halogenated alkanes) is 1. The van der Waals surface area contributed by atoms with E-state index in [-0.39, 0.29) is 0 Å². The van der Waals surface area contributed by atoms with Crippen molar-refractivity contribution in [2.75, 3.05) is 7.11 Å². The molecule has 2 aromatic carbocycles. The number of alkyl halides is 1. The Labute approximate surface area is 136 Å². The van der Waals surface area contributed by atoms with Gasteiger partial charge in [-0.1, -0.05) is 79.4 Å². The standard InChI is InChI=1S/C19H25BrO/c1-4-6-9-14(5-2)19(20)17-12-13-18(21-3)16-11-8-7-10-15(16)17/h7-8,10-14,19H,4-6,9H2,1-3H3. The summed E-state index contributed by atoms with van der Waals surface area (Å²) in [5.41, 5.74) is 1.38. The number of halogens is 1. The fourth-order valence-corrected chi connectivity index (χ4v) is 4.03. The number of rotatable bonds is 7. The molecule has 2 rings (SSSR count). The van der Waals surface area contributed by atoms with Gasteiger partial charge in [-0.05, 0) is 29.4 Å². The first-order chi connectivity index (χ1) is 10.2. The van der Waals surface area contributed by atoms with Gasteiger partial charge >= 0.3 is 0 Å².